The van der Waals surface area contributed by atoms with Crippen molar-refractivity contribution in [2.75, 3.05) is 26.2 Å². The average Bonchev–Trinajstić information content (AvgIpc) is 3.16. The zero-order valence-electron chi connectivity index (χ0n) is 15.9. The Hall–Kier alpha value is -2.33. The van der Waals surface area contributed by atoms with E-state index in [-0.39, 0.29) is 5.91 Å². The van der Waals surface area contributed by atoms with Gasteiger partial charge in [-0.25, -0.2) is 0 Å². The first-order chi connectivity index (χ1) is 13.3. The number of hydrogen-bond donors (Lipinski definition) is 0. The summed E-state index contributed by atoms with van der Waals surface area (Å²) in [5.74, 6) is 0.928. The standard InChI is InChI=1S/C23H28N2O2/c26-23(25-17-20-7-2-3-8-21(20)18-25)19-9-11-22(12-10-19)27-16-6-15-24-13-4-1-5-14-24/h2-3,7-12H,1,4-6,13-18H2. The number of hydrogen-bond acceptors (Lipinski definition) is 3. The van der Waals surface area contributed by atoms with E-state index in [0.29, 0.717) is 13.1 Å². The van der Waals surface area contributed by atoms with Crippen LogP contribution >= 0.6 is 0 Å². The molecule has 0 aliphatic carbocycles. The van der Waals surface area contributed by atoms with Gasteiger partial charge in [0.2, 0.25) is 0 Å². The van der Waals surface area contributed by atoms with Crippen LogP contribution in [0, 0.1) is 0 Å². The van der Waals surface area contributed by atoms with E-state index in [1.54, 1.807) is 0 Å². The third-order valence-corrected chi connectivity index (χ3v) is 5.57. The maximum absolute atomic E-state index is 12.7. The lowest BCUT2D eigenvalue weighted by atomic mass is 10.1. The molecule has 1 amide bonds. The van der Waals surface area contributed by atoms with Crippen LogP contribution in [-0.2, 0) is 13.1 Å². The summed E-state index contributed by atoms with van der Waals surface area (Å²) in [6.07, 6.45) is 5.09. The lowest BCUT2D eigenvalue weighted by molar-refractivity contribution is 0.0751. The largest absolute Gasteiger partial charge is 0.494 e. The molecule has 2 aromatic rings. The van der Waals surface area contributed by atoms with Crippen molar-refractivity contribution in [1.29, 1.82) is 0 Å². The highest BCUT2D eigenvalue weighted by Gasteiger charge is 2.23. The lowest BCUT2D eigenvalue weighted by Crippen LogP contribution is -2.31. The third-order valence-electron chi connectivity index (χ3n) is 5.57. The van der Waals surface area contributed by atoms with Crippen LogP contribution in [0.1, 0.15) is 47.2 Å². The first-order valence-corrected chi connectivity index (χ1v) is 10.1. The fourth-order valence-corrected chi connectivity index (χ4v) is 4.01. The van der Waals surface area contributed by atoms with Crippen LogP contribution in [0.4, 0.5) is 0 Å². The molecule has 2 aliphatic rings. The second-order valence-corrected chi connectivity index (χ2v) is 7.56. The number of fused-ring (bicyclic) bond motifs is 1. The molecule has 4 heteroatoms. The molecule has 0 saturated carbocycles. The molecule has 1 saturated heterocycles. The highest BCUT2D eigenvalue weighted by Crippen LogP contribution is 2.24. The Morgan fingerprint density at radius 2 is 1.56 bits per heavy atom. The van der Waals surface area contributed by atoms with E-state index in [2.05, 4.69) is 17.0 Å². The normalized spacial score (nSPS) is 17.0. The second-order valence-electron chi connectivity index (χ2n) is 7.56. The summed E-state index contributed by atoms with van der Waals surface area (Å²) >= 11 is 0. The van der Waals surface area contributed by atoms with Gasteiger partial charge in [-0.05, 0) is 67.7 Å². The van der Waals surface area contributed by atoms with Gasteiger partial charge in [-0.3, -0.25) is 4.79 Å². The van der Waals surface area contributed by atoms with Crippen molar-refractivity contribution >= 4 is 5.91 Å². The van der Waals surface area contributed by atoms with E-state index in [4.69, 9.17) is 4.74 Å². The Balaban J connectivity index is 1.24. The molecule has 4 nitrogen and oxygen atoms in total. The van der Waals surface area contributed by atoms with E-state index in [1.807, 2.05) is 41.3 Å². The van der Waals surface area contributed by atoms with Gasteiger partial charge in [-0.15, -0.1) is 0 Å². The molecule has 0 bridgehead atoms. The molecule has 1 fully saturated rings. The minimum Gasteiger partial charge on any atom is -0.494 e. The fraction of sp³-hybridized carbons (Fsp3) is 0.435. The SMILES string of the molecule is O=C(c1ccc(OCCCN2CCCCC2)cc1)N1Cc2ccccc2C1. The van der Waals surface area contributed by atoms with Crippen molar-refractivity contribution in [2.24, 2.45) is 0 Å². The lowest BCUT2D eigenvalue weighted by Gasteiger charge is -2.26. The quantitative estimate of drug-likeness (QED) is 0.724. The molecule has 4 rings (SSSR count). The molecule has 142 valence electrons. The van der Waals surface area contributed by atoms with E-state index < -0.39 is 0 Å². The number of rotatable bonds is 6. The zero-order valence-corrected chi connectivity index (χ0v) is 15.9. The minimum absolute atomic E-state index is 0.0860. The van der Waals surface area contributed by atoms with Gasteiger partial charge in [0.1, 0.15) is 5.75 Å². The predicted octanol–water partition coefficient (Wildman–Crippen LogP) is 4.10. The summed E-state index contributed by atoms with van der Waals surface area (Å²) in [7, 11) is 0. The fourth-order valence-electron chi connectivity index (χ4n) is 4.01. The zero-order chi connectivity index (χ0) is 18.5. The van der Waals surface area contributed by atoms with Crippen molar-refractivity contribution in [3.05, 3.63) is 65.2 Å². The van der Waals surface area contributed by atoms with Crippen LogP contribution in [0.5, 0.6) is 5.75 Å². The molecule has 2 aliphatic heterocycles. The molecule has 0 radical (unpaired) electrons. The summed E-state index contributed by atoms with van der Waals surface area (Å²) < 4.78 is 5.86. The number of carbonyl (C=O) groups excluding carboxylic acids is 1. The van der Waals surface area contributed by atoms with Crippen molar-refractivity contribution in [1.82, 2.24) is 9.80 Å². The first kappa shape index (κ1) is 18.1. The Kier molecular flexibility index (Phi) is 5.73. The molecule has 2 heterocycles. The molecule has 2 aromatic carbocycles. The van der Waals surface area contributed by atoms with Crippen LogP contribution in [0.15, 0.2) is 48.5 Å². The number of nitrogens with zero attached hydrogens (tertiary/aromatic N) is 2. The van der Waals surface area contributed by atoms with Gasteiger partial charge < -0.3 is 14.5 Å². The summed E-state index contributed by atoms with van der Waals surface area (Å²) in [6.45, 7) is 5.71. The van der Waals surface area contributed by atoms with Crippen LogP contribution in [0.3, 0.4) is 0 Å². The van der Waals surface area contributed by atoms with Crippen LogP contribution in [-0.4, -0.2) is 41.9 Å². The number of ether oxygens (including phenoxy) is 1. The monoisotopic (exact) mass is 364 g/mol. The van der Waals surface area contributed by atoms with Gasteiger partial charge in [0.15, 0.2) is 0 Å². The highest BCUT2D eigenvalue weighted by atomic mass is 16.5. The van der Waals surface area contributed by atoms with Gasteiger partial charge in [0, 0.05) is 25.2 Å². The van der Waals surface area contributed by atoms with Gasteiger partial charge in [0.25, 0.3) is 5.91 Å². The topological polar surface area (TPSA) is 32.8 Å². The van der Waals surface area contributed by atoms with Crippen LogP contribution < -0.4 is 4.74 Å². The smallest absolute Gasteiger partial charge is 0.254 e. The molecule has 0 N–H and O–H groups in total. The minimum atomic E-state index is 0.0860. The Morgan fingerprint density at radius 1 is 0.889 bits per heavy atom. The number of amides is 1. The maximum atomic E-state index is 12.7. The van der Waals surface area contributed by atoms with Crippen molar-refractivity contribution in [3.8, 4) is 5.75 Å². The molecule has 0 aromatic heterocycles. The molecular formula is C23H28N2O2. The number of likely N-dealkylation sites (tertiary alicyclic amines) is 1. The molecule has 0 atom stereocenters. The van der Waals surface area contributed by atoms with Gasteiger partial charge in [0.05, 0.1) is 6.61 Å². The van der Waals surface area contributed by atoms with E-state index >= 15 is 0 Å². The molecule has 0 unspecified atom stereocenters. The number of piperidine rings is 1. The van der Waals surface area contributed by atoms with Crippen molar-refractivity contribution in [2.45, 2.75) is 38.8 Å². The maximum Gasteiger partial charge on any atom is 0.254 e. The van der Waals surface area contributed by atoms with E-state index in [9.17, 15) is 4.79 Å². The van der Waals surface area contributed by atoms with Gasteiger partial charge >= 0.3 is 0 Å². The summed E-state index contributed by atoms with van der Waals surface area (Å²) in [6, 6.07) is 15.9. The highest BCUT2D eigenvalue weighted by molar-refractivity contribution is 5.94. The van der Waals surface area contributed by atoms with E-state index in [0.717, 1.165) is 30.9 Å². The molecular weight excluding hydrogens is 336 g/mol. The van der Waals surface area contributed by atoms with Gasteiger partial charge in [-0.1, -0.05) is 30.7 Å². The molecule has 27 heavy (non-hydrogen) atoms. The van der Waals surface area contributed by atoms with Crippen LogP contribution in [0.25, 0.3) is 0 Å². The number of carbonyl (C=O) groups is 1. The second kappa shape index (κ2) is 8.57. The summed E-state index contributed by atoms with van der Waals surface area (Å²) in [5.41, 5.74) is 3.22. The Morgan fingerprint density at radius 3 is 2.22 bits per heavy atom. The predicted molar refractivity (Wildman–Crippen MR) is 107 cm³/mol. The van der Waals surface area contributed by atoms with Crippen molar-refractivity contribution < 1.29 is 9.53 Å². The third kappa shape index (κ3) is 4.51. The average molecular weight is 364 g/mol. The summed E-state index contributed by atoms with van der Waals surface area (Å²) in [5, 5.41) is 0. The summed E-state index contributed by atoms with van der Waals surface area (Å²) in [4.78, 5) is 17.2. The Labute approximate surface area is 161 Å². The number of benzene rings is 2. The van der Waals surface area contributed by atoms with E-state index in [1.165, 1.54) is 43.5 Å². The first-order valence-electron chi connectivity index (χ1n) is 10.1. The Bertz CT molecular complexity index is 741. The molecule has 0 spiro atoms. The van der Waals surface area contributed by atoms with Gasteiger partial charge in [-0.2, -0.15) is 0 Å². The van der Waals surface area contributed by atoms with Crippen LogP contribution in [0.2, 0.25) is 0 Å². The van der Waals surface area contributed by atoms with Crippen molar-refractivity contribution in [3.63, 3.8) is 0 Å².